The number of carbonyl (C=O) groups excluding carboxylic acids is 1. The van der Waals surface area contributed by atoms with E-state index < -0.39 is 0 Å². The van der Waals surface area contributed by atoms with Gasteiger partial charge in [0.1, 0.15) is 5.76 Å². The van der Waals surface area contributed by atoms with Gasteiger partial charge in [-0.3, -0.25) is 14.4 Å². The van der Waals surface area contributed by atoms with Crippen LogP contribution >= 0.6 is 0 Å². The number of rotatable bonds is 6. The first-order valence-corrected chi connectivity index (χ1v) is 8.23. The molecule has 2 atom stereocenters. The molecule has 1 saturated heterocycles. The third kappa shape index (κ3) is 4.01. The number of amides is 1. The molecule has 0 bridgehead atoms. The fourth-order valence-electron chi connectivity index (χ4n) is 3.00. The zero-order valence-corrected chi connectivity index (χ0v) is 14.0. The van der Waals surface area contributed by atoms with Crippen LogP contribution in [0, 0.1) is 6.92 Å². The standard InChI is InChI=1S/C16H23N5O3/c1-3-14(16(22)18-15-9-12(2)24-19-15)20-7-8-23-13(10-20)11-21-6-4-5-17-21/h4-6,9,13-14H,3,7-8,10-11H2,1-2H3,(H,18,19,22)/t13-,14+/m1/s1. The zero-order valence-electron chi connectivity index (χ0n) is 14.0. The van der Waals surface area contributed by atoms with Gasteiger partial charge in [-0.25, -0.2) is 0 Å². The van der Waals surface area contributed by atoms with Gasteiger partial charge >= 0.3 is 0 Å². The van der Waals surface area contributed by atoms with Crippen molar-refractivity contribution < 1.29 is 14.1 Å². The molecule has 24 heavy (non-hydrogen) atoms. The molecule has 0 saturated carbocycles. The summed E-state index contributed by atoms with van der Waals surface area (Å²) in [5.41, 5.74) is 0. The Morgan fingerprint density at radius 2 is 2.42 bits per heavy atom. The molecule has 0 unspecified atom stereocenters. The summed E-state index contributed by atoms with van der Waals surface area (Å²) >= 11 is 0. The van der Waals surface area contributed by atoms with E-state index in [2.05, 4.69) is 20.5 Å². The van der Waals surface area contributed by atoms with Crippen LogP contribution in [0.4, 0.5) is 5.82 Å². The zero-order chi connectivity index (χ0) is 16.9. The van der Waals surface area contributed by atoms with Crippen LogP contribution < -0.4 is 5.32 Å². The van der Waals surface area contributed by atoms with E-state index in [1.807, 2.05) is 23.9 Å². The Morgan fingerprint density at radius 1 is 1.54 bits per heavy atom. The van der Waals surface area contributed by atoms with E-state index in [0.29, 0.717) is 31.3 Å². The predicted octanol–water partition coefficient (Wildman–Crippen LogP) is 1.30. The molecule has 2 aromatic heterocycles. The van der Waals surface area contributed by atoms with E-state index in [9.17, 15) is 4.79 Å². The topological polar surface area (TPSA) is 85.4 Å². The first kappa shape index (κ1) is 16.7. The molecule has 2 aromatic rings. The molecule has 0 spiro atoms. The predicted molar refractivity (Wildman–Crippen MR) is 87.5 cm³/mol. The lowest BCUT2D eigenvalue weighted by Crippen LogP contribution is -2.52. The lowest BCUT2D eigenvalue weighted by atomic mass is 10.1. The van der Waals surface area contributed by atoms with Crippen molar-refractivity contribution in [3.8, 4) is 0 Å². The minimum Gasteiger partial charge on any atom is -0.374 e. The third-order valence-corrected chi connectivity index (χ3v) is 4.13. The largest absolute Gasteiger partial charge is 0.374 e. The summed E-state index contributed by atoms with van der Waals surface area (Å²) in [4.78, 5) is 14.7. The van der Waals surface area contributed by atoms with E-state index >= 15 is 0 Å². The number of hydrogen-bond donors (Lipinski definition) is 1. The molecule has 8 nitrogen and oxygen atoms in total. The molecule has 0 radical (unpaired) electrons. The first-order valence-electron chi connectivity index (χ1n) is 8.23. The minimum absolute atomic E-state index is 0.0230. The van der Waals surface area contributed by atoms with Crippen molar-refractivity contribution in [3.63, 3.8) is 0 Å². The molecular formula is C16H23N5O3. The number of carbonyl (C=O) groups is 1. The smallest absolute Gasteiger partial charge is 0.242 e. The summed E-state index contributed by atoms with van der Waals surface area (Å²) in [7, 11) is 0. The SMILES string of the molecule is CC[C@@H](C(=O)Nc1cc(C)on1)N1CCO[C@@H](Cn2cccn2)C1. The first-order chi connectivity index (χ1) is 11.7. The van der Waals surface area contributed by atoms with Crippen molar-refractivity contribution >= 4 is 11.7 Å². The van der Waals surface area contributed by atoms with Crippen molar-refractivity contribution in [2.24, 2.45) is 0 Å². The number of nitrogens with one attached hydrogen (secondary N) is 1. The Morgan fingerprint density at radius 3 is 3.08 bits per heavy atom. The van der Waals surface area contributed by atoms with Crippen molar-refractivity contribution in [3.05, 3.63) is 30.3 Å². The fourth-order valence-corrected chi connectivity index (χ4v) is 3.00. The van der Waals surface area contributed by atoms with Crippen LogP contribution in [-0.2, 0) is 16.1 Å². The molecule has 3 rings (SSSR count). The van der Waals surface area contributed by atoms with E-state index in [-0.39, 0.29) is 18.1 Å². The molecule has 1 N–H and O–H groups in total. The summed E-state index contributed by atoms with van der Waals surface area (Å²) in [6, 6.07) is 3.39. The van der Waals surface area contributed by atoms with Crippen LogP contribution in [0.25, 0.3) is 0 Å². The van der Waals surface area contributed by atoms with Crippen LogP contribution in [0.3, 0.4) is 0 Å². The summed E-state index contributed by atoms with van der Waals surface area (Å²) in [5.74, 6) is 1.06. The van der Waals surface area contributed by atoms with Crippen molar-refractivity contribution in [1.29, 1.82) is 0 Å². The third-order valence-electron chi connectivity index (χ3n) is 4.13. The number of morpholine rings is 1. The summed E-state index contributed by atoms with van der Waals surface area (Å²) < 4.78 is 12.7. The Hall–Kier alpha value is -2.19. The summed E-state index contributed by atoms with van der Waals surface area (Å²) in [6.07, 6.45) is 4.41. The number of ether oxygens (including phenoxy) is 1. The fraction of sp³-hybridized carbons (Fsp3) is 0.562. The molecule has 1 fully saturated rings. The normalized spacial score (nSPS) is 20.0. The molecule has 0 aliphatic carbocycles. The van der Waals surface area contributed by atoms with Crippen LogP contribution in [0.1, 0.15) is 19.1 Å². The number of anilines is 1. The van der Waals surface area contributed by atoms with Gasteiger partial charge in [-0.15, -0.1) is 0 Å². The lowest BCUT2D eigenvalue weighted by Gasteiger charge is -2.37. The maximum absolute atomic E-state index is 12.6. The van der Waals surface area contributed by atoms with Gasteiger partial charge in [-0.1, -0.05) is 12.1 Å². The molecule has 3 heterocycles. The molecule has 0 aromatic carbocycles. The van der Waals surface area contributed by atoms with E-state index in [0.717, 1.165) is 13.0 Å². The highest BCUT2D eigenvalue weighted by molar-refractivity contribution is 5.94. The second kappa shape index (κ2) is 7.59. The quantitative estimate of drug-likeness (QED) is 0.857. The number of hydrogen-bond acceptors (Lipinski definition) is 6. The highest BCUT2D eigenvalue weighted by Gasteiger charge is 2.30. The van der Waals surface area contributed by atoms with Gasteiger partial charge in [0.2, 0.25) is 5.91 Å². The maximum Gasteiger partial charge on any atom is 0.242 e. The molecule has 1 aliphatic rings. The molecule has 130 valence electrons. The highest BCUT2D eigenvalue weighted by Crippen LogP contribution is 2.15. The Balaban J connectivity index is 1.60. The van der Waals surface area contributed by atoms with E-state index in [1.54, 1.807) is 19.2 Å². The van der Waals surface area contributed by atoms with Gasteiger partial charge in [-0.05, 0) is 19.4 Å². The second-order valence-electron chi connectivity index (χ2n) is 5.95. The lowest BCUT2D eigenvalue weighted by molar-refractivity contribution is -0.125. The van der Waals surface area contributed by atoms with Crippen molar-refractivity contribution in [2.45, 2.75) is 39.0 Å². The molecular weight excluding hydrogens is 310 g/mol. The van der Waals surface area contributed by atoms with Gasteiger partial charge in [0, 0.05) is 31.5 Å². The Labute approximate surface area is 140 Å². The number of aromatic nitrogens is 3. The van der Waals surface area contributed by atoms with Crippen LogP contribution in [0.2, 0.25) is 0 Å². The summed E-state index contributed by atoms with van der Waals surface area (Å²) in [6.45, 7) is 6.53. The van der Waals surface area contributed by atoms with Gasteiger partial charge in [0.25, 0.3) is 0 Å². The van der Waals surface area contributed by atoms with Gasteiger partial charge in [0.15, 0.2) is 5.82 Å². The monoisotopic (exact) mass is 333 g/mol. The van der Waals surface area contributed by atoms with Crippen LogP contribution in [0.5, 0.6) is 0 Å². The average Bonchev–Trinajstić information content (AvgIpc) is 3.20. The minimum atomic E-state index is -0.217. The average molecular weight is 333 g/mol. The number of nitrogens with zero attached hydrogens (tertiary/aromatic N) is 4. The van der Waals surface area contributed by atoms with E-state index in [1.165, 1.54) is 0 Å². The van der Waals surface area contributed by atoms with Gasteiger partial charge in [0.05, 0.1) is 25.3 Å². The number of aryl methyl sites for hydroxylation is 1. The van der Waals surface area contributed by atoms with Gasteiger partial charge in [-0.2, -0.15) is 5.10 Å². The maximum atomic E-state index is 12.6. The van der Waals surface area contributed by atoms with Gasteiger partial charge < -0.3 is 14.6 Å². The Kier molecular flexibility index (Phi) is 5.27. The van der Waals surface area contributed by atoms with E-state index in [4.69, 9.17) is 9.26 Å². The summed E-state index contributed by atoms with van der Waals surface area (Å²) in [5, 5.41) is 10.9. The van der Waals surface area contributed by atoms with Crippen LogP contribution in [0.15, 0.2) is 29.0 Å². The van der Waals surface area contributed by atoms with Crippen molar-refractivity contribution in [1.82, 2.24) is 19.8 Å². The highest BCUT2D eigenvalue weighted by atomic mass is 16.5. The second-order valence-corrected chi connectivity index (χ2v) is 5.95. The van der Waals surface area contributed by atoms with Crippen molar-refractivity contribution in [2.75, 3.05) is 25.0 Å². The Bertz CT molecular complexity index is 654. The molecule has 1 aliphatic heterocycles. The molecule has 1 amide bonds. The van der Waals surface area contributed by atoms with Crippen LogP contribution in [-0.4, -0.2) is 57.6 Å². The molecule has 8 heteroatoms.